The number of piperidine rings is 1. The van der Waals surface area contributed by atoms with Crippen LogP contribution in [0, 0.1) is 0 Å². The van der Waals surface area contributed by atoms with Gasteiger partial charge in [0.25, 0.3) is 5.91 Å². The molecular formula is C15H20N2O3S. The molecule has 1 aromatic heterocycles. The summed E-state index contributed by atoms with van der Waals surface area (Å²) in [6.07, 6.45) is 3.92. The van der Waals surface area contributed by atoms with Crippen molar-refractivity contribution in [3.8, 4) is 5.88 Å². The first-order valence-electron chi connectivity index (χ1n) is 7.40. The molecule has 21 heavy (non-hydrogen) atoms. The molecule has 114 valence electrons. The lowest BCUT2D eigenvalue weighted by atomic mass is 10.1. The fourth-order valence-electron chi connectivity index (χ4n) is 2.60. The first kappa shape index (κ1) is 14.7. The van der Waals surface area contributed by atoms with E-state index in [-0.39, 0.29) is 18.1 Å². The van der Waals surface area contributed by atoms with E-state index in [9.17, 15) is 9.90 Å². The monoisotopic (exact) mass is 308 g/mol. The Kier molecular flexibility index (Phi) is 4.65. The van der Waals surface area contributed by atoms with Crippen molar-refractivity contribution in [3.05, 3.63) is 23.9 Å². The van der Waals surface area contributed by atoms with Crippen LogP contribution in [-0.4, -0.2) is 57.7 Å². The summed E-state index contributed by atoms with van der Waals surface area (Å²) in [7, 11) is 0. The van der Waals surface area contributed by atoms with Gasteiger partial charge in [-0.15, -0.1) is 0 Å². The molecular weight excluding hydrogens is 288 g/mol. The summed E-state index contributed by atoms with van der Waals surface area (Å²) in [4.78, 5) is 18.3. The van der Waals surface area contributed by atoms with Gasteiger partial charge in [-0.1, -0.05) is 0 Å². The van der Waals surface area contributed by atoms with Gasteiger partial charge in [0.05, 0.1) is 11.7 Å². The van der Waals surface area contributed by atoms with E-state index in [1.807, 2.05) is 11.8 Å². The fourth-order valence-corrected chi connectivity index (χ4v) is 3.70. The number of aromatic nitrogens is 1. The Morgan fingerprint density at radius 2 is 2.14 bits per heavy atom. The van der Waals surface area contributed by atoms with Crippen LogP contribution in [0.1, 0.15) is 29.6 Å². The van der Waals surface area contributed by atoms with E-state index in [0.717, 1.165) is 17.9 Å². The highest BCUT2D eigenvalue weighted by molar-refractivity contribution is 7.99. The predicted molar refractivity (Wildman–Crippen MR) is 81.7 cm³/mol. The number of nitrogens with zero attached hydrogens (tertiary/aromatic N) is 2. The molecule has 1 aromatic rings. The molecule has 2 fully saturated rings. The van der Waals surface area contributed by atoms with Gasteiger partial charge in [-0.05, 0) is 31.1 Å². The molecule has 0 aliphatic carbocycles. The van der Waals surface area contributed by atoms with Crippen LogP contribution < -0.4 is 4.74 Å². The molecule has 1 unspecified atom stereocenters. The number of aliphatic hydroxyl groups is 1. The normalized spacial score (nSPS) is 23.3. The first-order valence-corrected chi connectivity index (χ1v) is 8.55. The number of carbonyl (C=O) groups excluding carboxylic acids is 1. The lowest BCUT2D eigenvalue weighted by molar-refractivity contribution is 0.0546. The van der Waals surface area contributed by atoms with Gasteiger partial charge >= 0.3 is 0 Å². The van der Waals surface area contributed by atoms with Crippen LogP contribution in [0.3, 0.4) is 0 Å². The van der Waals surface area contributed by atoms with Crippen molar-refractivity contribution in [2.45, 2.75) is 31.5 Å². The number of carbonyl (C=O) groups is 1. The van der Waals surface area contributed by atoms with E-state index in [4.69, 9.17) is 4.74 Å². The van der Waals surface area contributed by atoms with Crippen molar-refractivity contribution in [3.63, 3.8) is 0 Å². The van der Waals surface area contributed by atoms with Gasteiger partial charge < -0.3 is 14.7 Å². The summed E-state index contributed by atoms with van der Waals surface area (Å²) in [6.45, 7) is 1.22. The van der Waals surface area contributed by atoms with Crippen LogP contribution in [0.5, 0.6) is 5.88 Å². The molecule has 6 heteroatoms. The number of likely N-dealkylation sites (tertiary alicyclic amines) is 1. The number of rotatable bonds is 3. The minimum absolute atomic E-state index is 0.0163. The average molecular weight is 308 g/mol. The smallest absolute Gasteiger partial charge is 0.255 e. The highest BCUT2D eigenvalue weighted by Crippen LogP contribution is 2.22. The number of amides is 1. The second-order valence-corrected chi connectivity index (χ2v) is 6.66. The van der Waals surface area contributed by atoms with E-state index < -0.39 is 0 Å². The number of aliphatic hydroxyl groups excluding tert-OH is 1. The van der Waals surface area contributed by atoms with Crippen molar-refractivity contribution in [1.82, 2.24) is 9.88 Å². The van der Waals surface area contributed by atoms with Gasteiger partial charge in [-0.25, -0.2) is 4.98 Å². The lowest BCUT2D eigenvalue weighted by Crippen LogP contribution is -2.40. The third-order valence-corrected chi connectivity index (χ3v) is 5.04. The van der Waals surface area contributed by atoms with Crippen LogP contribution >= 0.6 is 11.8 Å². The molecule has 2 saturated heterocycles. The Morgan fingerprint density at radius 1 is 1.33 bits per heavy atom. The summed E-state index contributed by atoms with van der Waals surface area (Å²) >= 11 is 1.89. The Labute approximate surface area is 128 Å². The second kappa shape index (κ2) is 6.66. The minimum atomic E-state index is -0.271. The topological polar surface area (TPSA) is 62.7 Å². The fraction of sp³-hybridized carbons (Fsp3) is 0.600. The first-order chi connectivity index (χ1) is 10.2. The summed E-state index contributed by atoms with van der Waals surface area (Å²) in [5.74, 6) is 2.73. The maximum atomic E-state index is 12.3. The minimum Gasteiger partial charge on any atom is -0.473 e. The highest BCUT2D eigenvalue weighted by Gasteiger charge is 2.23. The van der Waals surface area contributed by atoms with Crippen molar-refractivity contribution in [2.24, 2.45) is 0 Å². The van der Waals surface area contributed by atoms with E-state index >= 15 is 0 Å². The number of ether oxygens (including phenoxy) is 1. The molecule has 2 aliphatic rings. The number of pyridine rings is 1. The largest absolute Gasteiger partial charge is 0.473 e. The van der Waals surface area contributed by atoms with Gasteiger partial charge in [0.2, 0.25) is 5.88 Å². The Bertz CT molecular complexity index is 480. The standard InChI is InChI=1S/C15H20N2O3S/c18-12-3-6-17(7-4-12)15(19)11-1-2-14(16-9-11)20-13-5-8-21-10-13/h1-2,9,12-13,18H,3-8,10H2. The van der Waals surface area contributed by atoms with Gasteiger partial charge in [-0.3, -0.25) is 4.79 Å². The van der Waals surface area contributed by atoms with Gasteiger partial charge in [0, 0.05) is 31.1 Å². The molecule has 3 heterocycles. The van der Waals surface area contributed by atoms with Crippen LogP contribution in [0.15, 0.2) is 18.3 Å². The quantitative estimate of drug-likeness (QED) is 0.918. The van der Waals surface area contributed by atoms with Crippen LogP contribution in [-0.2, 0) is 0 Å². The van der Waals surface area contributed by atoms with Crippen LogP contribution in [0.25, 0.3) is 0 Å². The van der Waals surface area contributed by atoms with Gasteiger partial charge in [0.15, 0.2) is 0 Å². The SMILES string of the molecule is O=C(c1ccc(OC2CCSC2)nc1)N1CCC(O)CC1. The second-order valence-electron chi connectivity index (χ2n) is 5.51. The molecule has 0 aromatic carbocycles. The van der Waals surface area contributed by atoms with Crippen molar-refractivity contribution < 1.29 is 14.6 Å². The van der Waals surface area contributed by atoms with Gasteiger partial charge in [0.1, 0.15) is 6.10 Å². The third kappa shape index (κ3) is 3.68. The highest BCUT2D eigenvalue weighted by atomic mass is 32.2. The van der Waals surface area contributed by atoms with Crippen LogP contribution in [0.4, 0.5) is 0 Å². The van der Waals surface area contributed by atoms with E-state index in [0.29, 0.717) is 37.4 Å². The van der Waals surface area contributed by atoms with E-state index in [1.54, 1.807) is 23.2 Å². The summed E-state index contributed by atoms with van der Waals surface area (Å²) in [5.41, 5.74) is 0.583. The molecule has 5 nitrogen and oxygen atoms in total. The third-order valence-electron chi connectivity index (χ3n) is 3.91. The molecule has 1 amide bonds. The van der Waals surface area contributed by atoms with E-state index in [2.05, 4.69) is 4.98 Å². The van der Waals surface area contributed by atoms with E-state index in [1.165, 1.54) is 0 Å². The van der Waals surface area contributed by atoms with Crippen molar-refractivity contribution in [2.75, 3.05) is 24.6 Å². The molecule has 1 N–H and O–H groups in total. The number of hydrogen-bond acceptors (Lipinski definition) is 5. The maximum absolute atomic E-state index is 12.3. The Morgan fingerprint density at radius 3 is 2.76 bits per heavy atom. The zero-order chi connectivity index (χ0) is 14.7. The Hall–Kier alpha value is -1.27. The molecule has 0 bridgehead atoms. The molecule has 2 aliphatic heterocycles. The molecule has 0 saturated carbocycles. The van der Waals surface area contributed by atoms with Crippen LogP contribution in [0.2, 0.25) is 0 Å². The zero-order valence-electron chi connectivity index (χ0n) is 11.9. The number of thioether (sulfide) groups is 1. The summed E-state index contributed by atoms with van der Waals surface area (Å²) < 4.78 is 5.78. The summed E-state index contributed by atoms with van der Waals surface area (Å²) in [6, 6.07) is 3.55. The molecule has 0 radical (unpaired) electrons. The predicted octanol–water partition coefficient (Wildman–Crippen LogP) is 1.56. The summed E-state index contributed by atoms with van der Waals surface area (Å²) in [5, 5.41) is 9.48. The van der Waals surface area contributed by atoms with Crippen molar-refractivity contribution in [1.29, 1.82) is 0 Å². The molecule has 3 rings (SSSR count). The molecule has 1 atom stereocenters. The number of hydrogen-bond donors (Lipinski definition) is 1. The molecule has 0 spiro atoms. The maximum Gasteiger partial charge on any atom is 0.255 e. The zero-order valence-corrected chi connectivity index (χ0v) is 12.7. The Balaban J connectivity index is 1.59. The van der Waals surface area contributed by atoms with Gasteiger partial charge in [-0.2, -0.15) is 11.8 Å². The average Bonchev–Trinajstić information content (AvgIpc) is 3.01. The lowest BCUT2D eigenvalue weighted by Gasteiger charge is -2.29. The van der Waals surface area contributed by atoms with Crippen molar-refractivity contribution >= 4 is 17.7 Å².